The Bertz CT molecular complexity index is 1040. The number of hydrogen-bond acceptors (Lipinski definition) is 7. The van der Waals surface area contributed by atoms with Gasteiger partial charge in [-0.25, -0.2) is 4.68 Å². The molecule has 1 amide bonds. The first-order valence-electron chi connectivity index (χ1n) is 8.80. The Morgan fingerprint density at radius 3 is 3.07 bits per heavy atom. The van der Waals surface area contributed by atoms with E-state index in [1.807, 2.05) is 0 Å². The lowest BCUT2D eigenvalue weighted by Gasteiger charge is -2.32. The second kappa shape index (κ2) is 6.90. The van der Waals surface area contributed by atoms with Crippen molar-refractivity contribution < 1.29 is 13.9 Å². The van der Waals surface area contributed by atoms with E-state index in [-0.39, 0.29) is 30.2 Å². The minimum absolute atomic E-state index is 0.186. The number of fused-ring (bicyclic) bond motifs is 3. The molecule has 0 radical (unpaired) electrons. The van der Waals surface area contributed by atoms with Crippen molar-refractivity contribution in [3.05, 3.63) is 45.0 Å². The van der Waals surface area contributed by atoms with Crippen LogP contribution in [0.3, 0.4) is 0 Å². The summed E-state index contributed by atoms with van der Waals surface area (Å²) in [5.74, 6) is 0.316. The Hall–Kier alpha value is -2.52. The highest BCUT2D eigenvalue weighted by molar-refractivity contribution is 7.18. The molecule has 0 spiro atoms. The van der Waals surface area contributed by atoms with Crippen molar-refractivity contribution in [2.75, 3.05) is 0 Å². The summed E-state index contributed by atoms with van der Waals surface area (Å²) >= 11 is 1.44. The molecule has 142 valence electrons. The molecule has 1 atom stereocenters. The van der Waals surface area contributed by atoms with E-state index in [1.54, 1.807) is 18.4 Å². The molecule has 0 saturated carbocycles. The number of ether oxygens (including phenoxy) is 1. The second-order valence-electron chi connectivity index (χ2n) is 6.86. The monoisotopic (exact) mass is 388 g/mol. The van der Waals surface area contributed by atoms with Crippen LogP contribution in [0.1, 0.15) is 36.5 Å². The zero-order chi connectivity index (χ0) is 19.0. The predicted octanol–water partition coefficient (Wildman–Crippen LogP) is 2.00. The molecule has 1 aliphatic rings. The molecule has 1 unspecified atom stereocenters. The third-order valence-corrected chi connectivity index (χ3v) is 6.04. The van der Waals surface area contributed by atoms with E-state index in [2.05, 4.69) is 29.5 Å². The topological polar surface area (TPSA) is 99.3 Å². The fourth-order valence-corrected chi connectivity index (χ4v) is 4.18. The van der Waals surface area contributed by atoms with E-state index in [9.17, 15) is 9.59 Å². The first kappa shape index (κ1) is 17.9. The average molecular weight is 388 g/mol. The van der Waals surface area contributed by atoms with Gasteiger partial charge in [0.05, 0.1) is 30.4 Å². The van der Waals surface area contributed by atoms with Gasteiger partial charge in [0, 0.05) is 11.3 Å². The van der Waals surface area contributed by atoms with Gasteiger partial charge in [0.25, 0.3) is 5.56 Å². The molecule has 0 aliphatic carbocycles. The van der Waals surface area contributed by atoms with Crippen LogP contribution in [-0.4, -0.2) is 26.5 Å². The molecule has 0 bridgehead atoms. The highest BCUT2D eigenvalue weighted by atomic mass is 32.1. The minimum atomic E-state index is -0.326. The Morgan fingerprint density at radius 1 is 1.48 bits per heavy atom. The van der Waals surface area contributed by atoms with E-state index >= 15 is 0 Å². The summed E-state index contributed by atoms with van der Waals surface area (Å²) < 4.78 is 12.2. The van der Waals surface area contributed by atoms with Gasteiger partial charge in [-0.3, -0.25) is 9.59 Å². The molecule has 8 nitrogen and oxygen atoms in total. The first-order valence-corrected chi connectivity index (χ1v) is 9.62. The van der Waals surface area contributed by atoms with Gasteiger partial charge in [0.1, 0.15) is 12.3 Å². The number of carbonyl (C=O) groups excluding carboxylic acids is 1. The zero-order valence-corrected chi connectivity index (χ0v) is 16.0. The summed E-state index contributed by atoms with van der Waals surface area (Å²) in [5, 5.41) is 11.4. The summed E-state index contributed by atoms with van der Waals surface area (Å²) in [6.45, 7) is 4.67. The van der Waals surface area contributed by atoms with Gasteiger partial charge in [-0.1, -0.05) is 12.1 Å². The standard InChI is InChI=1S/C18H20N4O4S/c1-3-18(2)7-12-13(10-26-18)27-16-15(12)17(24)22(21-20-16)9-14(23)19-8-11-5-4-6-25-11/h4-6H,3,7-10H2,1-2H3,(H,19,23). The van der Waals surface area contributed by atoms with Gasteiger partial charge in [0.2, 0.25) is 5.91 Å². The van der Waals surface area contributed by atoms with E-state index in [0.717, 1.165) is 21.5 Å². The number of carbonyl (C=O) groups is 1. The summed E-state index contributed by atoms with van der Waals surface area (Å²) in [6.07, 6.45) is 3.05. The highest BCUT2D eigenvalue weighted by Crippen LogP contribution is 2.37. The van der Waals surface area contributed by atoms with Crippen LogP contribution in [0.5, 0.6) is 0 Å². The maximum Gasteiger partial charge on any atom is 0.279 e. The molecule has 0 aromatic carbocycles. The lowest BCUT2D eigenvalue weighted by Crippen LogP contribution is -2.36. The molecule has 1 aliphatic heterocycles. The number of rotatable bonds is 5. The van der Waals surface area contributed by atoms with Gasteiger partial charge in [-0.15, -0.1) is 16.4 Å². The molecule has 3 aromatic rings. The summed E-state index contributed by atoms with van der Waals surface area (Å²) in [6, 6.07) is 3.52. The zero-order valence-electron chi connectivity index (χ0n) is 15.2. The molecule has 0 fully saturated rings. The van der Waals surface area contributed by atoms with E-state index in [0.29, 0.717) is 29.0 Å². The molecule has 0 saturated heterocycles. The maximum atomic E-state index is 13.0. The normalized spacial score (nSPS) is 19.2. The van der Waals surface area contributed by atoms with Crippen molar-refractivity contribution in [2.24, 2.45) is 0 Å². The number of amides is 1. The fraction of sp³-hybridized carbons (Fsp3) is 0.444. The average Bonchev–Trinajstić information content (AvgIpc) is 3.30. The third kappa shape index (κ3) is 3.40. The third-order valence-electron chi connectivity index (χ3n) is 4.95. The highest BCUT2D eigenvalue weighted by Gasteiger charge is 2.33. The summed E-state index contributed by atoms with van der Waals surface area (Å²) in [7, 11) is 0. The molecular formula is C18H20N4O4S. The van der Waals surface area contributed by atoms with Gasteiger partial charge >= 0.3 is 0 Å². The molecule has 27 heavy (non-hydrogen) atoms. The smallest absolute Gasteiger partial charge is 0.279 e. The largest absolute Gasteiger partial charge is 0.467 e. The number of thiophene rings is 1. The summed E-state index contributed by atoms with van der Waals surface area (Å²) in [4.78, 5) is 26.7. The fourth-order valence-electron chi connectivity index (χ4n) is 3.14. The Balaban J connectivity index is 1.59. The van der Waals surface area contributed by atoms with Gasteiger partial charge in [-0.05, 0) is 31.0 Å². The van der Waals surface area contributed by atoms with Crippen molar-refractivity contribution in [1.82, 2.24) is 20.3 Å². The Morgan fingerprint density at radius 2 is 2.33 bits per heavy atom. The van der Waals surface area contributed by atoms with Crippen molar-refractivity contribution in [3.8, 4) is 0 Å². The van der Waals surface area contributed by atoms with Crippen molar-refractivity contribution in [1.29, 1.82) is 0 Å². The van der Waals surface area contributed by atoms with Crippen LogP contribution in [0.2, 0.25) is 0 Å². The molecule has 4 rings (SSSR count). The van der Waals surface area contributed by atoms with Crippen LogP contribution in [0, 0.1) is 0 Å². The summed E-state index contributed by atoms with van der Waals surface area (Å²) in [5.41, 5.74) is 0.406. The van der Waals surface area contributed by atoms with Crippen LogP contribution in [0.25, 0.3) is 10.2 Å². The van der Waals surface area contributed by atoms with Crippen LogP contribution in [-0.2, 0) is 35.6 Å². The molecule has 3 aromatic heterocycles. The number of nitrogens with zero attached hydrogens (tertiary/aromatic N) is 3. The quantitative estimate of drug-likeness (QED) is 0.718. The van der Waals surface area contributed by atoms with Gasteiger partial charge < -0.3 is 14.5 Å². The lowest BCUT2D eigenvalue weighted by atomic mass is 9.90. The molecular weight excluding hydrogens is 368 g/mol. The second-order valence-corrected chi connectivity index (χ2v) is 7.94. The van der Waals surface area contributed by atoms with Gasteiger partial charge in [0.15, 0.2) is 4.83 Å². The van der Waals surface area contributed by atoms with E-state index in [4.69, 9.17) is 9.15 Å². The van der Waals surface area contributed by atoms with Crippen LogP contribution in [0.4, 0.5) is 0 Å². The lowest BCUT2D eigenvalue weighted by molar-refractivity contribution is -0.122. The number of furan rings is 1. The van der Waals surface area contributed by atoms with Crippen molar-refractivity contribution in [2.45, 2.75) is 52.0 Å². The van der Waals surface area contributed by atoms with Crippen LogP contribution in [0.15, 0.2) is 27.6 Å². The number of aromatic nitrogens is 3. The molecule has 4 heterocycles. The van der Waals surface area contributed by atoms with Crippen molar-refractivity contribution >= 4 is 27.5 Å². The number of hydrogen-bond donors (Lipinski definition) is 1. The Labute approximate surface area is 159 Å². The van der Waals surface area contributed by atoms with Gasteiger partial charge in [-0.2, -0.15) is 0 Å². The maximum absolute atomic E-state index is 13.0. The van der Waals surface area contributed by atoms with Crippen molar-refractivity contribution in [3.63, 3.8) is 0 Å². The molecule has 1 N–H and O–H groups in total. The van der Waals surface area contributed by atoms with E-state index in [1.165, 1.54) is 11.3 Å². The first-order chi connectivity index (χ1) is 13.0. The van der Waals surface area contributed by atoms with E-state index < -0.39 is 0 Å². The SMILES string of the molecule is CCC1(C)Cc2c(sc3nnn(CC(=O)NCc4ccco4)c(=O)c23)CO1. The van der Waals surface area contributed by atoms with Crippen LogP contribution < -0.4 is 10.9 Å². The molecule has 9 heteroatoms. The number of nitrogens with one attached hydrogen (secondary N) is 1. The Kier molecular flexibility index (Phi) is 4.56. The predicted molar refractivity (Wildman–Crippen MR) is 99.4 cm³/mol. The minimum Gasteiger partial charge on any atom is -0.467 e. The van der Waals surface area contributed by atoms with Crippen LogP contribution >= 0.6 is 11.3 Å².